The van der Waals surface area contributed by atoms with Gasteiger partial charge >= 0.3 is 0 Å². The molecule has 0 aromatic heterocycles. The van der Waals surface area contributed by atoms with Crippen LogP contribution in [-0.2, 0) is 6.42 Å². The first-order valence-corrected chi connectivity index (χ1v) is 9.58. The van der Waals surface area contributed by atoms with E-state index in [1.807, 2.05) is 7.05 Å². The normalized spacial score (nSPS) is 24.2. The van der Waals surface area contributed by atoms with Crippen molar-refractivity contribution in [3.05, 3.63) is 35.4 Å². The van der Waals surface area contributed by atoms with Crippen LogP contribution in [0.1, 0.15) is 49.7 Å². The molecule has 1 aliphatic heterocycles. The van der Waals surface area contributed by atoms with Gasteiger partial charge in [-0.15, -0.1) is 0 Å². The number of rotatable bonds is 6. The quantitative estimate of drug-likeness (QED) is 0.623. The first-order chi connectivity index (χ1) is 11.8. The number of likely N-dealkylation sites (tertiary alicyclic amines) is 1. The molecule has 0 amide bonds. The van der Waals surface area contributed by atoms with Crippen LogP contribution in [0.5, 0.6) is 0 Å². The second-order valence-electron chi connectivity index (χ2n) is 7.07. The second kappa shape index (κ2) is 8.52. The predicted molar refractivity (Wildman–Crippen MR) is 102 cm³/mol. The van der Waals surface area contributed by atoms with Crippen LogP contribution in [0.25, 0.3) is 0 Å². The standard InChI is InChI=1S/C20H32N4/c1-3-18-9-6-7-12-24(18)13-11-22-20(21-2)23-15-17-14-16-8-4-5-10-19(16)17/h4-5,8,10,17-18H,3,6-7,9,11-15H2,1-2H3,(H2,21,22,23). The van der Waals surface area contributed by atoms with E-state index in [-0.39, 0.29) is 0 Å². The third-order valence-electron chi connectivity index (χ3n) is 5.61. The summed E-state index contributed by atoms with van der Waals surface area (Å²) in [7, 11) is 1.86. The lowest BCUT2D eigenvalue weighted by Gasteiger charge is -2.35. The molecule has 0 radical (unpaired) electrons. The van der Waals surface area contributed by atoms with Gasteiger partial charge in [-0.05, 0) is 43.4 Å². The summed E-state index contributed by atoms with van der Waals surface area (Å²) in [5.41, 5.74) is 3.00. The molecule has 3 rings (SSSR count). The lowest BCUT2D eigenvalue weighted by Crippen LogP contribution is -2.46. The van der Waals surface area contributed by atoms with E-state index in [0.717, 1.165) is 31.6 Å². The Morgan fingerprint density at radius 3 is 2.92 bits per heavy atom. The van der Waals surface area contributed by atoms with Crippen LogP contribution in [0, 0.1) is 0 Å². The maximum absolute atomic E-state index is 4.37. The molecule has 132 valence electrons. The molecular formula is C20H32N4. The third-order valence-corrected chi connectivity index (χ3v) is 5.61. The van der Waals surface area contributed by atoms with Gasteiger partial charge in [0, 0.05) is 38.6 Å². The van der Waals surface area contributed by atoms with E-state index in [4.69, 9.17) is 0 Å². The van der Waals surface area contributed by atoms with Crippen molar-refractivity contribution in [2.45, 2.75) is 51.0 Å². The Balaban J connectivity index is 1.38. The van der Waals surface area contributed by atoms with E-state index in [1.54, 1.807) is 0 Å². The zero-order valence-corrected chi connectivity index (χ0v) is 15.2. The molecule has 0 spiro atoms. The highest BCUT2D eigenvalue weighted by Crippen LogP contribution is 2.33. The zero-order chi connectivity index (χ0) is 16.8. The van der Waals surface area contributed by atoms with Crippen LogP contribution in [0.4, 0.5) is 0 Å². The first-order valence-electron chi connectivity index (χ1n) is 9.58. The van der Waals surface area contributed by atoms with E-state index in [1.165, 1.54) is 49.8 Å². The summed E-state index contributed by atoms with van der Waals surface area (Å²) in [6.07, 6.45) is 6.57. The number of piperidine rings is 1. The largest absolute Gasteiger partial charge is 0.356 e. The predicted octanol–water partition coefficient (Wildman–Crippen LogP) is 2.76. The Bertz CT molecular complexity index is 554. The monoisotopic (exact) mass is 328 g/mol. The highest BCUT2D eigenvalue weighted by molar-refractivity contribution is 5.79. The van der Waals surface area contributed by atoms with Crippen LogP contribution in [-0.4, -0.2) is 50.1 Å². The van der Waals surface area contributed by atoms with Crippen molar-refractivity contribution < 1.29 is 0 Å². The molecule has 24 heavy (non-hydrogen) atoms. The number of guanidine groups is 1. The van der Waals surface area contributed by atoms with E-state index in [2.05, 4.69) is 51.7 Å². The van der Waals surface area contributed by atoms with Gasteiger partial charge in [0.25, 0.3) is 0 Å². The summed E-state index contributed by atoms with van der Waals surface area (Å²) >= 11 is 0. The van der Waals surface area contributed by atoms with Gasteiger partial charge in [-0.25, -0.2) is 0 Å². The minimum absolute atomic E-state index is 0.631. The number of fused-ring (bicyclic) bond motifs is 1. The number of hydrogen-bond donors (Lipinski definition) is 2. The number of aliphatic imine (C=N–C) groups is 1. The van der Waals surface area contributed by atoms with Crippen molar-refractivity contribution in [3.63, 3.8) is 0 Å². The highest BCUT2D eigenvalue weighted by Gasteiger charge is 2.25. The summed E-state index contributed by atoms with van der Waals surface area (Å²) in [5, 5.41) is 6.98. The number of benzene rings is 1. The Hall–Kier alpha value is -1.55. The topological polar surface area (TPSA) is 39.7 Å². The van der Waals surface area contributed by atoms with Gasteiger partial charge in [0.15, 0.2) is 5.96 Å². The average molecular weight is 329 g/mol. The van der Waals surface area contributed by atoms with Gasteiger partial charge in [-0.1, -0.05) is 37.6 Å². The lowest BCUT2D eigenvalue weighted by molar-refractivity contribution is 0.147. The fourth-order valence-electron chi connectivity index (χ4n) is 4.12. The second-order valence-corrected chi connectivity index (χ2v) is 7.07. The zero-order valence-electron chi connectivity index (χ0n) is 15.2. The Labute approximate surface area is 146 Å². The van der Waals surface area contributed by atoms with Crippen LogP contribution in [0.2, 0.25) is 0 Å². The lowest BCUT2D eigenvalue weighted by atomic mass is 9.78. The highest BCUT2D eigenvalue weighted by atomic mass is 15.2. The van der Waals surface area contributed by atoms with Gasteiger partial charge < -0.3 is 10.6 Å². The summed E-state index contributed by atoms with van der Waals surface area (Å²) < 4.78 is 0. The van der Waals surface area contributed by atoms with E-state index >= 15 is 0 Å². The molecule has 0 bridgehead atoms. The number of nitrogens with zero attached hydrogens (tertiary/aromatic N) is 2. The van der Waals surface area contributed by atoms with E-state index in [0.29, 0.717) is 5.92 Å². The molecular weight excluding hydrogens is 296 g/mol. The molecule has 1 aromatic carbocycles. The molecule has 1 aromatic rings. The molecule has 1 saturated heterocycles. The summed E-state index contributed by atoms with van der Waals surface area (Å²) in [5.74, 6) is 1.57. The van der Waals surface area contributed by atoms with Crippen LogP contribution >= 0.6 is 0 Å². The minimum atomic E-state index is 0.631. The molecule has 4 heteroatoms. The van der Waals surface area contributed by atoms with Gasteiger partial charge in [-0.2, -0.15) is 0 Å². The minimum Gasteiger partial charge on any atom is -0.356 e. The Kier molecular flexibility index (Phi) is 6.13. The van der Waals surface area contributed by atoms with Crippen molar-refractivity contribution in [3.8, 4) is 0 Å². The maximum atomic E-state index is 4.37. The molecule has 2 N–H and O–H groups in total. The summed E-state index contributed by atoms with van der Waals surface area (Å²) in [6, 6.07) is 9.54. The molecule has 2 atom stereocenters. The van der Waals surface area contributed by atoms with E-state index in [9.17, 15) is 0 Å². The SMILES string of the molecule is CCC1CCCCN1CCNC(=NC)NCC1Cc2ccccc21. The number of nitrogens with one attached hydrogen (secondary N) is 2. The van der Waals surface area contributed by atoms with Crippen molar-refractivity contribution in [2.24, 2.45) is 4.99 Å². The van der Waals surface area contributed by atoms with Crippen LogP contribution in [0.3, 0.4) is 0 Å². The first kappa shape index (κ1) is 17.3. The molecule has 1 fully saturated rings. The van der Waals surface area contributed by atoms with Crippen molar-refractivity contribution >= 4 is 5.96 Å². The molecule has 1 aliphatic carbocycles. The maximum Gasteiger partial charge on any atom is 0.191 e. The Morgan fingerprint density at radius 1 is 1.25 bits per heavy atom. The molecule has 0 saturated carbocycles. The molecule has 1 heterocycles. The molecule has 2 aliphatic rings. The summed E-state index contributed by atoms with van der Waals surface area (Å²) in [6.45, 7) is 6.62. The summed E-state index contributed by atoms with van der Waals surface area (Å²) in [4.78, 5) is 7.02. The Morgan fingerprint density at radius 2 is 2.12 bits per heavy atom. The third kappa shape index (κ3) is 4.10. The van der Waals surface area contributed by atoms with Gasteiger partial charge in [0.2, 0.25) is 0 Å². The smallest absolute Gasteiger partial charge is 0.191 e. The molecule has 2 unspecified atom stereocenters. The van der Waals surface area contributed by atoms with Crippen LogP contribution in [0.15, 0.2) is 29.3 Å². The van der Waals surface area contributed by atoms with Gasteiger partial charge in [0.1, 0.15) is 0 Å². The average Bonchev–Trinajstić information content (AvgIpc) is 2.61. The van der Waals surface area contributed by atoms with Crippen molar-refractivity contribution in [1.29, 1.82) is 0 Å². The number of hydrogen-bond acceptors (Lipinski definition) is 2. The molecule has 4 nitrogen and oxygen atoms in total. The van der Waals surface area contributed by atoms with Crippen molar-refractivity contribution in [1.82, 2.24) is 15.5 Å². The van der Waals surface area contributed by atoms with Gasteiger partial charge in [0.05, 0.1) is 0 Å². The fourth-order valence-corrected chi connectivity index (χ4v) is 4.12. The van der Waals surface area contributed by atoms with Crippen LogP contribution < -0.4 is 10.6 Å². The van der Waals surface area contributed by atoms with Crippen molar-refractivity contribution in [2.75, 3.05) is 33.2 Å². The van der Waals surface area contributed by atoms with Gasteiger partial charge in [-0.3, -0.25) is 9.89 Å². The fraction of sp³-hybridized carbons (Fsp3) is 0.650. The van der Waals surface area contributed by atoms with E-state index < -0.39 is 0 Å².